The number of nitrogens with zero attached hydrogens (tertiary/aromatic N) is 1. The number of aliphatic hydroxyl groups is 1. The number of carbonyl (C=O) groups is 2. The Morgan fingerprint density at radius 3 is 2.12 bits per heavy atom. The fraction of sp³-hybridized carbons (Fsp3) is 0.800. The van der Waals surface area contributed by atoms with Gasteiger partial charge in [0.05, 0.1) is 19.1 Å². The smallest absolute Gasteiger partial charge is 0.307 e. The minimum Gasteiger partial charge on any atom is -0.481 e. The lowest BCUT2D eigenvalue weighted by atomic mass is 9.94. The van der Waals surface area contributed by atoms with E-state index in [1.54, 1.807) is 0 Å². The van der Waals surface area contributed by atoms with E-state index in [4.69, 9.17) is 10.2 Å². The molecular weight excluding hydrogens is 236 g/mol. The maximum atomic E-state index is 12.2. The zero-order chi connectivity index (χ0) is 13.6. The largest absolute Gasteiger partial charge is 0.481 e. The van der Waals surface area contributed by atoms with Crippen LogP contribution in [-0.2, 0) is 9.59 Å². The second-order valence-corrected chi connectivity index (χ2v) is 3.81. The highest BCUT2D eigenvalue weighted by Crippen LogP contribution is 2.15. The quantitative estimate of drug-likeness (QED) is 0.689. The van der Waals surface area contributed by atoms with Gasteiger partial charge in [-0.1, -0.05) is 13.8 Å². The number of hydrogen-bond donors (Lipinski definition) is 2. The number of carboxylic acids is 1. The van der Waals surface area contributed by atoms with Gasteiger partial charge in [-0.05, 0) is 0 Å². The van der Waals surface area contributed by atoms with Crippen molar-refractivity contribution >= 4 is 11.9 Å². The van der Waals surface area contributed by atoms with Crippen molar-refractivity contribution in [3.63, 3.8) is 0 Å². The molecule has 0 radical (unpaired) electrons. The van der Waals surface area contributed by atoms with Gasteiger partial charge in [-0.3, -0.25) is 9.59 Å². The molecule has 5 nitrogen and oxygen atoms in total. The third-order valence-electron chi connectivity index (χ3n) is 2.57. The summed E-state index contributed by atoms with van der Waals surface area (Å²) in [7, 11) is 0. The summed E-state index contributed by atoms with van der Waals surface area (Å²) < 4.78 is 24.4. The number of hydrogen-bond acceptors (Lipinski definition) is 3. The summed E-state index contributed by atoms with van der Waals surface area (Å²) in [5, 5.41) is 17.4. The predicted molar refractivity (Wildman–Crippen MR) is 55.6 cm³/mol. The SMILES string of the molecule is CC(C(=O)O)C(C)C(=O)N(CCO)CC(F)F. The lowest BCUT2D eigenvalue weighted by Gasteiger charge is -2.26. The molecule has 0 aromatic carbocycles. The Morgan fingerprint density at radius 2 is 1.76 bits per heavy atom. The number of amides is 1. The molecule has 1 amide bonds. The van der Waals surface area contributed by atoms with Gasteiger partial charge in [0.1, 0.15) is 0 Å². The van der Waals surface area contributed by atoms with E-state index in [1.807, 2.05) is 0 Å². The molecule has 0 aliphatic rings. The van der Waals surface area contributed by atoms with Crippen LogP contribution >= 0.6 is 0 Å². The summed E-state index contributed by atoms with van der Waals surface area (Å²) in [6, 6.07) is 0. The van der Waals surface area contributed by atoms with Gasteiger partial charge in [-0.2, -0.15) is 0 Å². The van der Waals surface area contributed by atoms with Crippen molar-refractivity contribution in [2.75, 3.05) is 19.7 Å². The summed E-state index contributed by atoms with van der Waals surface area (Å²) in [6.07, 6.45) is -2.71. The number of aliphatic hydroxyl groups excluding tert-OH is 1. The van der Waals surface area contributed by atoms with Crippen molar-refractivity contribution in [3.8, 4) is 0 Å². The number of aliphatic carboxylic acids is 1. The summed E-state index contributed by atoms with van der Waals surface area (Å²) >= 11 is 0. The molecule has 0 aliphatic heterocycles. The minimum absolute atomic E-state index is 0.222. The first kappa shape index (κ1) is 15.8. The van der Waals surface area contributed by atoms with Crippen molar-refractivity contribution in [3.05, 3.63) is 0 Å². The van der Waals surface area contributed by atoms with Crippen molar-refractivity contribution in [2.24, 2.45) is 11.8 Å². The third-order valence-corrected chi connectivity index (χ3v) is 2.57. The van der Waals surface area contributed by atoms with Crippen LogP contribution in [0, 0.1) is 11.8 Å². The molecule has 2 atom stereocenters. The average Bonchev–Trinajstić information content (AvgIpc) is 2.24. The molecule has 2 unspecified atom stereocenters. The van der Waals surface area contributed by atoms with Crippen molar-refractivity contribution in [2.45, 2.75) is 20.3 Å². The van der Waals surface area contributed by atoms with E-state index in [2.05, 4.69) is 0 Å². The molecule has 0 fully saturated rings. The number of carbonyl (C=O) groups excluding carboxylic acids is 1. The molecule has 0 aromatic rings. The standard InChI is InChI=1S/C10H17F2NO4/c1-6(7(2)10(16)17)9(15)13(3-4-14)5-8(11)12/h6-8,14H,3-5H2,1-2H3,(H,16,17). The van der Waals surface area contributed by atoms with E-state index in [1.165, 1.54) is 13.8 Å². The van der Waals surface area contributed by atoms with Gasteiger partial charge in [-0.15, -0.1) is 0 Å². The normalized spacial score (nSPS) is 14.5. The Hall–Kier alpha value is -1.24. The zero-order valence-electron chi connectivity index (χ0n) is 9.77. The van der Waals surface area contributed by atoms with Crippen LogP contribution in [0.2, 0.25) is 0 Å². The Morgan fingerprint density at radius 1 is 1.24 bits per heavy atom. The molecule has 0 bridgehead atoms. The number of carboxylic acid groups (broad SMARTS) is 1. The fourth-order valence-electron chi connectivity index (χ4n) is 1.29. The van der Waals surface area contributed by atoms with E-state index >= 15 is 0 Å². The lowest BCUT2D eigenvalue weighted by molar-refractivity contribution is -0.150. The molecule has 0 aromatic heterocycles. The van der Waals surface area contributed by atoms with Crippen LogP contribution in [0.3, 0.4) is 0 Å². The zero-order valence-corrected chi connectivity index (χ0v) is 9.77. The predicted octanol–water partition coefficient (Wildman–Crippen LogP) is 0.429. The summed E-state index contributed by atoms with van der Waals surface area (Å²) in [5.41, 5.74) is 0. The first-order chi connectivity index (χ1) is 7.81. The Labute approximate surface area is 98.0 Å². The molecule has 7 heteroatoms. The van der Waals surface area contributed by atoms with Crippen molar-refractivity contribution in [1.82, 2.24) is 4.90 Å². The summed E-state index contributed by atoms with van der Waals surface area (Å²) in [5.74, 6) is -3.71. The monoisotopic (exact) mass is 253 g/mol. The van der Waals surface area contributed by atoms with Crippen LogP contribution in [0.4, 0.5) is 8.78 Å². The topological polar surface area (TPSA) is 77.8 Å². The lowest BCUT2D eigenvalue weighted by Crippen LogP contribution is -2.43. The van der Waals surface area contributed by atoms with Crippen LogP contribution in [0.1, 0.15) is 13.8 Å². The van der Waals surface area contributed by atoms with Gasteiger partial charge >= 0.3 is 5.97 Å². The highest BCUT2D eigenvalue weighted by molar-refractivity contribution is 5.84. The maximum absolute atomic E-state index is 12.2. The van der Waals surface area contributed by atoms with Crippen molar-refractivity contribution in [1.29, 1.82) is 0 Å². The second kappa shape index (κ2) is 7.16. The van der Waals surface area contributed by atoms with Gasteiger partial charge in [-0.25, -0.2) is 8.78 Å². The molecule has 2 N–H and O–H groups in total. The van der Waals surface area contributed by atoms with E-state index in [0.717, 1.165) is 4.90 Å². The molecule has 0 rings (SSSR count). The van der Waals surface area contributed by atoms with Crippen LogP contribution < -0.4 is 0 Å². The molecule has 0 heterocycles. The number of rotatable bonds is 7. The van der Waals surface area contributed by atoms with Crippen LogP contribution in [0.5, 0.6) is 0 Å². The molecule has 17 heavy (non-hydrogen) atoms. The fourth-order valence-corrected chi connectivity index (χ4v) is 1.29. The van der Waals surface area contributed by atoms with Gasteiger partial charge in [0.2, 0.25) is 5.91 Å². The number of alkyl halides is 2. The molecule has 0 spiro atoms. The van der Waals surface area contributed by atoms with E-state index in [0.29, 0.717) is 0 Å². The highest BCUT2D eigenvalue weighted by atomic mass is 19.3. The van der Waals surface area contributed by atoms with E-state index in [9.17, 15) is 18.4 Å². The van der Waals surface area contributed by atoms with E-state index in [-0.39, 0.29) is 6.54 Å². The summed E-state index contributed by atoms with van der Waals surface area (Å²) in [4.78, 5) is 23.2. The highest BCUT2D eigenvalue weighted by Gasteiger charge is 2.30. The minimum atomic E-state index is -2.71. The molecule has 0 saturated carbocycles. The number of halogens is 2. The second-order valence-electron chi connectivity index (χ2n) is 3.81. The molecule has 0 saturated heterocycles. The Bertz CT molecular complexity index is 273. The van der Waals surface area contributed by atoms with Crippen LogP contribution in [0.25, 0.3) is 0 Å². The van der Waals surface area contributed by atoms with E-state index < -0.39 is 43.3 Å². The van der Waals surface area contributed by atoms with Crippen LogP contribution in [0.15, 0.2) is 0 Å². The van der Waals surface area contributed by atoms with Crippen molar-refractivity contribution < 1.29 is 28.6 Å². The first-order valence-corrected chi connectivity index (χ1v) is 5.21. The van der Waals surface area contributed by atoms with Gasteiger partial charge in [0.25, 0.3) is 6.43 Å². The average molecular weight is 253 g/mol. The Balaban J connectivity index is 4.64. The van der Waals surface area contributed by atoms with Gasteiger partial charge in [0.15, 0.2) is 0 Å². The maximum Gasteiger partial charge on any atom is 0.307 e. The Kier molecular flexibility index (Phi) is 6.64. The molecule has 100 valence electrons. The molecular formula is C10H17F2NO4. The molecule has 0 aliphatic carbocycles. The van der Waals surface area contributed by atoms with Crippen LogP contribution in [-0.4, -0.2) is 53.1 Å². The first-order valence-electron chi connectivity index (χ1n) is 5.21. The summed E-state index contributed by atoms with van der Waals surface area (Å²) in [6.45, 7) is 1.25. The van der Waals surface area contributed by atoms with Gasteiger partial charge in [0, 0.05) is 12.5 Å². The van der Waals surface area contributed by atoms with Gasteiger partial charge < -0.3 is 15.1 Å². The third kappa shape index (κ3) is 5.08.